The molecule has 1 aromatic carbocycles. The minimum absolute atomic E-state index is 0.00102. The summed E-state index contributed by atoms with van der Waals surface area (Å²) in [6.07, 6.45) is 0.729. The van der Waals surface area contributed by atoms with E-state index in [0.29, 0.717) is 17.9 Å². The van der Waals surface area contributed by atoms with Crippen molar-refractivity contribution < 1.29 is 15.3 Å². The van der Waals surface area contributed by atoms with Crippen molar-refractivity contribution in [3.05, 3.63) is 23.8 Å². The number of benzene rings is 1. The molecule has 0 aromatic heterocycles. The number of aliphatic hydroxyl groups excluding tert-OH is 1. The number of nitrogens with two attached hydrogens (primary N) is 1. The smallest absolute Gasteiger partial charge is 0.120 e. The van der Waals surface area contributed by atoms with Crippen LogP contribution in [-0.2, 0) is 0 Å². The van der Waals surface area contributed by atoms with Gasteiger partial charge in [0, 0.05) is 5.56 Å². The van der Waals surface area contributed by atoms with Crippen LogP contribution in [0.2, 0.25) is 0 Å². The summed E-state index contributed by atoms with van der Waals surface area (Å²) < 4.78 is 0. The average Bonchev–Trinajstić information content (AvgIpc) is 2.28. The Labute approximate surface area is 102 Å². The number of rotatable bonds is 5. The quantitative estimate of drug-likeness (QED) is 0.591. The maximum atomic E-state index is 9.92. The van der Waals surface area contributed by atoms with E-state index in [0.717, 1.165) is 6.42 Å². The molecule has 17 heavy (non-hydrogen) atoms. The van der Waals surface area contributed by atoms with Gasteiger partial charge < -0.3 is 21.1 Å². The molecule has 0 aliphatic carbocycles. The highest BCUT2D eigenvalue weighted by Crippen LogP contribution is 2.29. The van der Waals surface area contributed by atoms with Gasteiger partial charge in [-0.05, 0) is 37.0 Å². The first-order valence-electron chi connectivity index (χ1n) is 5.87. The number of hydrogen-bond donors (Lipinski definition) is 4. The predicted molar refractivity (Wildman–Crippen MR) is 66.8 cm³/mol. The van der Waals surface area contributed by atoms with Gasteiger partial charge in [0.25, 0.3) is 0 Å². The minimum Gasteiger partial charge on any atom is -0.508 e. The molecule has 96 valence electrons. The summed E-state index contributed by atoms with van der Waals surface area (Å²) in [5, 5.41) is 28.9. The molecule has 1 aromatic rings. The van der Waals surface area contributed by atoms with Gasteiger partial charge in [-0.15, -0.1) is 0 Å². The Morgan fingerprint density at radius 2 is 1.82 bits per heavy atom. The molecule has 0 fully saturated rings. The van der Waals surface area contributed by atoms with E-state index in [9.17, 15) is 15.3 Å². The molecule has 0 aliphatic heterocycles. The summed E-state index contributed by atoms with van der Waals surface area (Å²) in [5.74, 6) is 0.526. The molecule has 0 spiro atoms. The van der Waals surface area contributed by atoms with Crippen LogP contribution in [0.4, 0.5) is 0 Å². The van der Waals surface area contributed by atoms with Crippen molar-refractivity contribution in [1.82, 2.24) is 0 Å². The summed E-state index contributed by atoms with van der Waals surface area (Å²) in [6, 6.07) is 3.46. The Bertz CT molecular complexity index is 366. The summed E-state index contributed by atoms with van der Waals surface area (Å²) in [5.41, 5.74) is 6.25. The second-order valence-electron chi connectivity index (χ2n) is 4.81. The molecule has 0 saturated heterocycles. The van der Waals surface area contributed by atoms with Gasteiger partial charge in [-0.1, -0.05) is 13.8 Å². The van der Waals surface area contributed by atoms with Crippen LogP contribution in [0.25, 0.3) is 0 Å². The van der Waals surface area contributed by atoms with Crippen LogP contribution in [0.5, 0.6) is 11.5 Å². The van der Waals surface area contributed by atoms with Crippen LogP contribution < -0.4 is 5.73 Å². The maximum Gasteiger partial charge on any atom is 0.120 e. The highest BCUT2D eigenvalue weighted by atomic mass is 16.3. The zero-order valence-electron chi connectivity index (χ0n) is 10.3. The van der Waals surface area contributed by atoms with Gasteiger partial charge in [0.2, 0.25) is 0 Å². The van der Waals surface area contributed by atoms with Crippen molar-refractivity contribution in [2.75, 3.05) is 0 Å². The first-order valence-corrected chi connectivity index (χ1v) is 5.87. The van der Waals surface area contributed by atoms with Crippen LogP contribution in [0, 0.1) is 5.92 Å². The number of aromatic hydroxyl groups is 2. The lowest BCUT2D eigenvalue weighted by Crippen LogP contribution is -2.26. The van der Waals surface area contributed by atoms with Crippen molar-refractivity contribution >= 4 is 0 Å². The third kappa shape index (κ3) is 3.91. The first-order chi connectivity index (χ1) is 7.91. The Balaban J connectivity index is 2.74. The molecule has 5 N–H and O–H groups in total. The van der Waals surface area contributed by atoms with Crippen molar-refractivity contribution in [2.45, 2.75) is 38.8 Å². The van der Waals surface area contributed by atoms with E-state index in [4.69, 9.17) is 5.73 Å². The molecular formula is C13H21NO3. The van der Waals surface area contributed by atoms with Gasteiger partial charge in [-0.2, -0.15) is 0 Å². The monoisotopic (exact) mass is 239 g/mol. The van der Waals surface area contributed by atoms with Crippen LogP contribution in [-0.4, -0.2) is 21.4 Å². The zero-order valence-corrected chi connectivity index (χ0v) is 10.3. The Kier molecular flexibility index (Phi) is 4.78. The van der Waals surface area contributed by atoms with Gasteiger partial charge in [-0.3, -0.25) is 0 Å². The number of aliphatic hydroxyl groups is 1. The Morgan fingerprint density at radius 3 is 2.41 bits per heavy atom. The normalized spacial score (nSPS) is 14.9. The van der Waals surface area contributed by atoms with Crippen LogP contribution in [0.15, 0.2) is 18.2 Å². The summed E-state index contributed by atoms with van der Waals surface area (Å²) in [6.45, 7) is 4.15. The topological polar surface area (TPSA) is 86.7 Å². The Hall–Kier alpha value is -1.26. The zero-order chi connectivity index (χ0) is 13.0. The fourth-order valence-electron chi connectivity index (χ4n) is 1.70. The van der Waals surface area contributed by atoms with Crippen molar-refractivity contribution in [3.63, 3.8) is 0 Å². The number of phenolic OH excluding ortho intramolecular Hbond substituents is 2. The van der Waals surface area contributed by atoms with E-state index < -0.39 is 12.1 Å². The van der Waals surface area contributed by atoms with Crippen LogP contribution >= 0.6 is 0 Å². The largest absolute Gasteiger partial charge is 0.508 e. The molecule has 0 bridgehead atoms. The highest BCUT2D eigenvalue weighted by Gasteiger charge is 2.20. The lowest BCUT2D eigenvalue weighted by atomic mass is 9.95. The molecule has 0 aliphatic rings. The standard InChI is InChI=1S/C13H21NO3/c1-8(2)3-5-12(17)13(14)10-7-9(15)4-6-11(10)16/h4,6-8,12-13,15-17H,3,5,14H2,1-2H3/t12-,13+/m1/s1. The first kappa shape index (κ1) is 13.8. The lowest BCUT2D eigenvalue weighted by molar-refractivity contribution is 0.127. The van der Waals surface area contributed by atoms with E-state index in [1.54, 1.807) is 0 Å². The van der Waals surface area contributed by atoms with Gasteiger partial charge in [-0.25, -0.2) is 0 Å². The van der Waals surface area contributed by atoms with Gasteiger partial charge >= 0.3 is 0 Å². The summed E-state index contributed by atoms with van der Waals surface area (Å²) in [4.78, 5) is 0. The number of phenols is 2. The molecule has 0 unspecified atom stereocenters. The molecule has 2 atom stereocenters. The van der Waals surface area contributed by atoms with E-state index in [-0.39, 0.29) is 11.5 Å². The molecule has 4 heteroatoms. The maximum absolute atomic E-state index is 9.92. The van der Waals surface area contributed by atoms with Crippen LogP contribution in [0.3, 0.4) is 0 Å². The SMILES string of the molecule is CC(C)CC[C@@H](O)[C@@H](N)c1cc(O)ccc1O. The second-order valence-corrected chi connectivity index (χ2v) is 4.81. The number of hydrogen-bond acceptors (Lipinski definition) is 4. The van der Waals surface area contributed by atoms with Gasteiger partial charge in [0.1, 0.15) is 11.5 Å². The molecule has 0 amide bonds. The van der Waals surface area contributed by atoms with E-state index >= 15 is 0 Å². The van der Waals surface area contributed by atoms with Crippen LogP contribution in [0.1, 0.15) is 38.3 Å². The summed E-state index contributed by atoms with van der Waals surface area (Å²) in [7, 11) is 0. The Morgan fingerprint density at radius 1 is 1.18 bits per heavy atom. The molecule has 4 nitrogen and oxygen atoms in total. The molecule has 0 saturated carbocycles. The summed E-state index contributed by atoms with van der Waals surface area (Å²) >= 11 is 0. The van der Waals surface area contributed by atoms with E-state index in [1.165, 1.54) is 18.2 Å². The third-order valence-corrected chi connectivity index (χ3v) is 2.82. The van der Waals surface area contributed by atoms with E-state index in [2.05, 4.69) is 13.8 Å². The van der Waals surface area contributed by atoms with Crippen molar-refractivity contribution in [2.24, 2.45) is 11.7 Å². The van der Waals surface area contributed by atoms with Gasteiger partial charge in [0.05, 0.1) is 12.1 Å². The highest BCUT2D eigenvalue weighted by molar-refractivity contribution is 5.40. The minimum atomic E-state index is -0.718. The molecule has 0 radical (unpaired) electrons. The van der Waals surface area contributed by atoms with E-state index in [1.807, 2.05) is 0 Å². The fourth-order valence-corrected chi connectivity index (χ4v) is 1.70. The average molecular weight is 239 g/mol. The fraction of sp³-hybridized carbons (Fsp3) is 0.538. The third-order valence-electron chi connectivity index (χ3n) is 2.82. The molecule has 1 rings (SSSR count). The van der Waals surface area contributed by atoms with Gasteiger partial charge in [0.15, 0.2) is 0 Å². The second kappa shape index (κ2) is 5.89. The van der Waals surface area contributed by atoms with Crippen molar-refractivity contribution in [3.8, 4) is 11.5 Å². The molecule has 0 heterocycles. The van der Waals surface area contributed by atoms with Crippen molar-refractivity contribution in [1.29, 1.82) is 0 Å². The lowest BCUT2D eigenvalue weighted by Gasteiger charge is -2.21. The predicted octanol–water partition coefficient (Wildman–Crippen LogP) is 1.89. The molecular weight excluding hydrogens is 218 g/mol.